The molecule has 1 N–H and O–H groups in total. The minimum Gasteiger partial charge on any atom is -0.373 e. The van der Waals surface area contributed by atoms with Crippen LogP contribution < -0.4 is 5.32 Å². The highest BCUT2D eigenvalue weighted by molar-refractivity contribution is 5.87. The molecule has 3 fully saturated rings. The van der Waals surface area contributed by atoms with Gasteiger partial charge in [-0.2, -0.15) is 0 Å². The summed E-state index contributed by atoms with van der Waals surface area (Å²) in [6.45, 7) is 4.55. The van der Waals surface area contributed by atoms with Crippen molar-refractivity contribution in [3.63, 3.8) is 0 Å². The van der Waals surface area contributed by atoms with E-state index in [0.29, 0.717) is 32.7 Å². The molecule has 3 rings (SSSR count). The van der Waals surface area contributed by atoms with E-state index in [9.17, 15) is 9.59 Å². The lowest BCUT2D eigenvalue weighted by atomic mass is 9.95. The maximum absolute atomic E-state index is 12.6. The van der Waals surface area contributed by atoms with Gasteiger partial charge in [-0.15, -0.1) is 0 Å². The molecule has 2 amide bonds. The van der Waals surface area contributed by atoms with Crippen LogP contribution in [0.3, 0.4) is 0 Å². The van der Waals surface area contributed by atoms with Crippen molar-refractivity contribution in [1.29, 1.82) is 0 Å². The molecule has 0 bridgehead atoms. The van der Waals surface area contributed by atoms with Gasteiger partial charge in [-0.1, -0.05) is 0 Å². The molecular weight excluding hydrogens is 282 g/mol. The number of nitrogens with zero attached hydrogens (tertiary/aromatic N) is 2. The summed E-state index contributed by atoms with van der Waals surface area (Å²) in [6.07, 6.45) is 3.89. The van der Waals surface area contributed by atoms with E-state index in [-0.39, 0.29) is 23.8 Å². The van der Waals surface area contributed by atoms with Crippen LogP contribution in [0.25, 0.3) is 0 Å². The number of hydrogen-bond acceptors (Lipinski definition) is 4. The van der Waals surface area contributed by atoms with Crippen molar-refractivity contribution in [3.8, 4) is 0 Å². The summed E-state index contributed by atoms with van der Waals surface area (Å²) in [4.78, 5) is 28.3. The lowest BCUT2D eigenvalue weighted by molar-refractivity contribution is -0.146. The molecule has 1 saturated carbocycles. The fraction of sp³-hybridized carbons (Fsp3) is 0.875. The average Bonchev–Trinajstić information content (AvgIpc) is 3.30. The van der Waals surface area contributed by atoms with Crippen LogP contribution >= 0.6 is 0 Å². The maximum atomic E-state index is 12.6. The van der Waals surface area contributed by atoms with Crippen molar-refractivity contribution in [2.45, 2.75) is 31.8 Å². The van der Waals surface area contributed by atoms with Crippen molar-refractivity contribution < 1.29 is 14.3 Å². The zero-order chi connectivity index (χ0) is 15.5. The summed E-state index contributed by atoms with van der Waals surface area (Å²) in [6, 6.07) is 0. The number of morpholine rings is 1. The van der Waals surface area contributed by atoms with E-state index in [4.69, 9.17) is 4.74 Å². The Hall–Kier alpha value is -1.14. The van der Waals surface area contributed by atoms with Crippen LogP contribution in [0.4, 0.5) is 0 Å². The van der Waals surface area contributed by atoms with Gasteiger partial charge in [0.1, 0.15) is 0 Å². The second-order valence-corrected chi connectivity index (χ2v) is 6.98. The Labute approximate surface area is 132 Å². The Morgan fingerprint density at radius 1 is 1.36 bits per heavy atom. The van der Waals surface area contributed by atoms with Gasteiger partial charge >= 0.3 is 0 Å². The lowest BCUT2D eigenvalue weighted by Gasteiger charge is -2.37. The third-order valence-corrected chi connectivity index (χ3v) is 4.83. The molecule has 2 aliphatic heterocycles. The standard InChI is InChI=1S/C16H27N3O3/c1-18(9-12-2-3-12)10-14-11-19(6-7-22-14)16(21)13-4-5-17-15(20)8-13/h12-14H,2-11H2,1H3,(H,17,20)/t13-,14+/m1/s1. The Balaban J connectivity index is 1.48. The minimum absolute atomic E-state index is 0.00132. The Bertz CT molecular complexity index is 425. The Morgan fingerprint density at radius 2 is 2.18 bits per heavy atom. The molecule has 0 aromatic heterocycles. The van der Waals surface area contributed by atoms with Crippen LogP contribution in [-0.2, 0) is 14.3 Å². The molecule has 0 spiro atoms. The fourth-order valence-corrected chi connectivity index (χ4v) is 3.45. The predicted molar refractivity (Wildman–Crippen MR) is 82.3 cm³/mol. The first kappa shape index (κ1) is 15.7. The SMILES string of the molecule is CN(CC1CC1)C[C@H]1CN(C(=O)[C@@H]2CCNC(=O)C2)CCO1. The van der Waals surface area contributed by atoms with Gasteiger partial charge in [0, 0.05) is 45.1 Å². The number of hydrogen-bond donors (Lipinski definition) is 1. The molecule has 2 saturated heterocycles. The number of piperidine rings is 1. The van der Waals surface area contributed by atoms with Gasteiger partial charge in [0.2, 0.25) is 11.8 Å². The topological polar surface area (TPSA) is 61.9 Å². The van der Waals surface area contributed by atoms with Gasteiger partial charge in [0.05, 0.1) is 12.7 Å². The molecule has 22 heavy (non-hydrogen) atoms. The quantitative estimate of drug-likeness (QED) is 0.781. The van der Waals surface area contributed by atoms with Gasteiger partial charge in [-0.3, -0.25) is 9.59 Å². The monoisotopic (exact) mass is 309 g/mol. The van der Waals surface area contributed by atoms with Gasteiger partial charge in [0.15, 0.2) is 0 Å². The minimum atomic E-state index is -0.142. The van der Waals surface area contributed by atoms with Crippen LogP contribution in [0.5, 0.6) is 0 Å². The molecule has 0 aromatic rings. The second-order valence-electron chi connectivity index (χ2n) is 6.98. The molecular formula is C16H27N3O3. The third kappa shape index (κ3) is 4.20. The van der Waals surface area contributed by atoms with Gasteiger partial charge in [0.25, 0.3) is 0 Å². The number of rotatable bonds is 5. The average molecular weight is 309 g/mol. The maximum Gasteiger partial charge on any atom is 0.226 e. The molecule has 6 nitrogen and oxygen atoms in total. The zero-order valence-corrected chi connectivity index (χ0v) is 13.4. The summed E-state index contributed by atoms with van der Waals surface area (Å²) < 4.78 is 5.82. The lowest BCUT2D eigenvalue weighted by Crippen LogP contribution is -2.52. The molecule has 124 valence electrons. The van der Waals surface area contributed by atoms with Crippen LogP contribution in [-0.4, -0.2) is 74.1 Å². The summed E-state index contributed by atoms with van der Waals surface area (Å²) >= 11 is 0. The highest BCUT2D eigenvalue weighted by Crippen LogP contribution is 2.29. The third-order valence-electron chi connectivity index (χ3n) is 4.83. The van der Waals surface area contributed by atoms with E-state index >= 15 is 0 Å². The molecule has 0 aromatic carbocycles. The zero-order valence-electron chi connectivity index (χ0n) is 13.4. The fourth-order valence-electron chi connectivity index (χ4n) is 3.45. The van der Waals surface area contributed by atoms with E-state index in [2.05, 4.69) is 17.3 Å². The van der Waals surface area contributed by atoms with E-state index in [0.717, 1.165) is 25.4 Å². The van der Waals surface area contributed by atoms with Crippen molar-refractivity contribution in [3.05, 3.63) is 0 Å². The molecule has 6 heteroatoms. The van der Waals surface area contributed by atoms with E-state index in [1.54, 1.807) is 0 Å². The second kappa shape index (κ2) is 6.96. The molecule has 0 radical (unpaired) electrons. The van der Waals surface area contributed by atoms with Crippen molar-refractivity contribution >= 4 is 11.8 Å². The summed E-state index contributed by atoms with van der Waals surface area (Å²) in [5.74, 6) is 0.857. The van der Waals surface area contributed by atoms with E-state index in [1.165, 1.54) is 12.8 Å². The Kier molecular flexibility index (Phi) is 4.98. The number of ether oxygens (including phenoxy) is 1. The van der Waals surface area contributed by atoms with Crippen LogP contribution in [0.2, 0.25) is 0 Å². The first-order chi connectivity index (χ1) is 10.6. The molecule has 3 aliphatic rings. The highest BCUT2D eigenvalue weighted by Gasteiger charge is 2.33. The molecule has 2 heterocycles. The van der Waals surface area contributed by atoms with E-state index < -0.39 is 0 Å². The number of amides is 2. The number of likely N-dealkylation sites (N-methyl/N-ethyl adjacent to an activating group) is 1. The number of carbonyl (C=O) groups is 2. The smallest absolute Gasteiger partial charge is 0.226 e. The van der Waals surface area contributed by atoms with Crippen molar-refractivity contribution in [2.75, 3.05) is 46.4 Å². The van der Waals surface area contributed by atoms with Crippen LogP contribution in [0.1, 0.15) is 25.7 Å². The van der Waals surface area contributed by atoms with Crippen LogP contribution in [0.15, 0.2) is 0 Å². The first-order valence-corrected chi connectivity index (χ1v) is 8.47. The summed E-state index contributed by atoms with van der Waals surface area (Å²) in [5.41, 5.74) is 0. The van der Waals surface area contributed by atoms with Gasteiger partial charge < -0.3 is 19.9 Å². The molecule has 0 unspecified atom stereocenters. The summed E-state index contributed by atoms with van der Waals surface area (Å²) in [5, 5.41) is 2.79. The number of nitrogens with one attached hydrogen (secondary N) is 1. The normalized spacial score (nSPS) is 29.5. The van der Waals surface area contributed by atoms with E-state index in [1.807, 2.05) is 4.90 Å². The Morgan fingerprint density at radius 3 is 2.91 bits per heavy atom. The van der Waals surface area contributed by atoms with Crippen molar-refractivity contribution in [2.24, 2.45) is 11.8 Å². The van der Waals surface area contributed by atoms with Gasteiger partial charge in [-0.05, 0) is 32.2 Å². The van der Waals surface area contributed by atoms with Crippen molar-refractivity contribution in [1.82, 2.24) is 15.1 Å². The van der Waals surface area contributed by atoms with Crippen LogP contribution in [0, 0.1) is 11.8 Å². The number of carbonyl (C=O) groups excluding carboxylic acids is 2. The largest absolute Gasteiger partial charge is 0.373 e. The first-order valence-electron chi connectivity index (χ1n) is 8.47. The highest BCUT2D eigenvalue weighted by atomic mass is 16.5. The van der Waals surface area contributed by atoms with Gasteiger partial charge in [-0.25, -0.2) is 0 Å². The molecule has 2 atom stereocenters. The molecule has 1 aliphatic carbocycles. The predicted octanol–water partition coefficient (Wildman–Crippen LogP) is 0.0818. The summed E-state index contributed by atoms with van der Waals surface area (Å²) in [7, 11) is 2.13.